The maximum Gasteiger partial charge on any atom is 0.273 e. The lowest BCUT2D eigenvalue weighted by molar-refractivity contribution is 0.0853. The summed E-state index contributed by atoms with van der Waals surface area (Å²) < 4.78 is 11.0. The van der Waals surface area contributed by atoms with Gasteiger partial charge in [-0.05, 0) is 25.0 Å². The van der Waals surface area contributed by atoms with E-state index in [0.717, 1.165) is 56.3 Å². The lowest BCUT2D eigenvalue weighted by Crippen LogP contribution is -2.46. The largest absolute Gasteiger partial charge is 0.447 e. The third-order valence-corrected chi connectivity index (χ3v) is 5.54. The molecule has 2 saturated heterocycles. The number of amides is 1. The summed E-state index contributed by atoms with van der Waals surface area (Å²) >= 11 is 6.30. The molecule has 150 valence electrons. The molecule has 1 aromatic carbocycles. The van der Waals surface area contributed by atoms with Crippen LogP contribution >= 0.6 is 11.6 Å². The van der Waals surface area contributed by atoms with Crippen LogP contribution < -0.4 is 10.2 Å². The predicted octanol–water partition coefficient (Wildman–Crippen LogP) is 2.56. The van der Waals surface area contributed by atoms with Gasteiger partial charge < -0.3 is 19.4 Å². The van der Waals surface area contributed by atoms with E-state index >= 15 is 0 Å². The lowest BCUT2D eigenvalue weighted by atomic mass is 10.2. The molecule has 4 rings (SSSR count). The quantitative estimate of drug-likeness (QED) is 0.797. The van der Waals surface area contributed by atoms with Crippen LogP contribution in [0.5, 0.6) is 0 Å². The first kappa shape index (κ1) is 19.2. The molecule has 2 aromatic rings. The van der Waals surface area contributed by atoms with Gasteiger partial charge in [0.2, 0.25) is 5.89 Å². The van der Waals surface area contributed by atoms with Crippen molar-refractivity contribution in [3.63, 3.8) is 0 Å². The van der Waals surface area contributed by atoms with E-state index in [2.05, 4.69) is 20.1 Å². The number of nitrogens with zero attached hydrogens (tertiary/aromatic N) is 3. The molecule has 2 fully saturated rings. The zero-order valence-electron chi connectivity index (χ0n) is 15.8. The van der Waals surface area contributed by atoms with Crippen molar-refractivity contribution in [2.45, 2.75) is 25.5 Å². The highest BCUT2D eigenvalue weighted by Gasteiger charge is 2.22. The van der Waals surface area contributed by atoms with Gasteiger partial charge in [-0.2, -0.15) is 0 Å². The molecule has 2 aliphatic rings. The number of ether oxygens (including phenoxy) is 1. The molecule has 1 unspecified atom stereocenters. The number of oxazole rings is 1. The van der Waals surface area contributed by atoms with Crippen molar-refractivity contribution in [2.24, 2.45) is 0 Å². The minimum absolute atomic E-state index is 0.115. The maximum atomic E-state index is 12.2. The third kappa shape index (κ3) is 4.66. The summed E-state index contributed by atoms with van der Waals surface area (Å²) in [6, 6.07) is 7.92. The van der Waals surface area contributed by atoms with E-state index in [1.165, 1.54) is 6.26 Å². The fourth-order valence-electron chi connectivity index (χ4n) is 3.64. The smallest absolute Gasteiger partial charge is 0.273 e. The highest BCUT2D eigenvalue weighted by molar-refractivity contribution is 6.33. The minimum atomic E-state index is -0.214. The predicted molar refractivity (Wildman–Crippen MR) is 107 cm³/mol. The number of benzene rings is 1. The molecule has 0 bridgehead atoms. The number of nitrogens with one attached hydrogen (secondary N) is 1. The Morgan fingerprint density at radius 3 is 2.82 bits per heavy atom. The Kier molecular flexibility index (Phi) is 6.14. The fourth-order valence-corrected chi connectivity index (χ4v) is 3.89. The second-order valence-corrected chi connectivity index (χ2v) is 7.59. The van der Waals surface area contributed by atoms with Crippen molar-refractivity contribution in [2.75, 3.05) is 44.2 Å². The summed E-state index contributed by atoms with van der Waals surface area (Å²) in [5.74, 6) is 0.350. The molecular formula is C20H25ClN4O3. The SMILES string of the molecule is O=C(NCC1CCCO1)c1coc(CN2CCN(c3ccccc3Cl)CC2)n1. The number of halogens is 1. The second-order valence-electron chi connectivity index (χ2n) is 7.19. The topological polar surface area (TPSA) is 70.8 Å². The Labute approximate surface area is 169 Å². The van der Waals surface area contributed by atoms with E-state index in [1.807, 2.05) is 24.3 Å². The molecule has 28 heavy (non-hydrogen) atoms. The number of hydrogen-bond donors (Lipinski definition) is 1. The van der Waals surface area contributed by atoms with Gasteiger partial charge in [-0.25, -0.2) is 4.98 Å². The molecule has 3 heterocycles. The first-order chi connectivity index (χ1) is 13.7. The van der Waals surface area contributed by atoms with Crippen LogP contribution in [0.15, 0.2) is 34.9 Å². The Balaban J connectivity index is 1.25. The number of anilines is 1. The van der Waals surface area contributed by atoms with E-state index in [4.69, 9.17) is 20.8 Å². The molecular weight excluding hydrogens is 380 g/mol. The van der Waals surface area contributed by atoms with Crippen LogP contribution in [0.1, 0.15) is 29.2 Å². The molecule has 7 nitrogen and oxygen atoms in total. The molecule has 0 aliphatic carbocycles. The molecule has 0 spiro atoms. The lowest BCUT2D eigenvalue weighted by Gasteiger charge is -2.35. The molecule has 2 aliphatic heterocycles. The summed E-state index contributed by atoms with van der Waals surface area (Å²) in [5, 5.41) is 3.65. The third-order valence-electron chi connectivity index (χ3n) is 5.22. The van der Waals surface area contributed by atoms with Crippen LogP contribution in [0, 0.1) is 0 Å². The van der Waals surface area contributed by atoms with Gasteiger partial charge in [-0.1, -0.05) is 23.7 Å². The highest BCUT2D eigenvalue weighted by atomic mass is 35.5. The Hall–Kier alpha value is -2.09. The monoisotopic (exact) mass is 404 g/mol. The number of rotatable bonds is 6. The Bertz CT molecular complexity index is 798. The summed E-state index contributed by atoms with van der Waals surface area (Å²) in [7, 11) is 0. The van der Waals surface area contributed by atoms with Crippen LogP contribution in [0.2, 0.25) is 5.02 Å². The van der Waals surface area contributed by atoms with E-state index < -0.39 is 0 Å². The van der Waals surface area contributed by atoms with E-state index in [1.54, 1.807) is 0 Å². The maximum absolute atomic E-state index is 12.2. The minimum Gasteiger partial charge on any atom is -0.447 e. The normalized spacial score (nSPS) is 20.5. The second kappa shape index (κ2) is 8.94. The van der Waals surface area contributed by atoms with Crippen molar-refractivity contribution >= 4 is 23.2 Å². The molecule has 1 N–H and O–H groups in total. The van der Waals surface area contributed by atoms with Crippen molar-refractivity contribution in [3.8, 4) is 0 Å². The van der Waals surface area contributed by atoms with Gasteiger partial charge in [0.1, 0.15) is 6.26 Å². The van der Waals surface area contributed by atoms with Crippen molar-refractivity contribution in [3.05, 3.63) is 47.1 Å². The van der Waals surface area contributed by atoms with Crippen molar-refractivity contribution in [1.82, 2.24) is 15.2 Å². The van der Waals surface area contributed by atoms with Crippen LogP contribution in [-0.2, 0) is 11.3 Å². The van der Waals surface area contributed by atoms with E-state index in [0.29, 0.717) is 24.7 Å². The summed E-state index contributed by atoms with van der Waals surface area (Å²) in [5.41, 5.74) is 1.40. The van der Waals surface area contributed by atoms with Crippen molar-refractivity contribution in [1.29, 1.82) is 0 Å². The average Bonchev–Trinajstić information content (AvgIpc) is 3.39. The molecule has 1 aromatic heterocycles. The Morgan fingerprint density at radius 1 is 1.25 bits per heavy atom. The number of aromatic nitrogens is 1. The summed E-state index contributed by atoms with van der Waals surface area (Å²) in [6.45, 7) is 5.43. The van der Waals surface area contributed by atoms with Gasteiger partial charge in [0.25, 0.3) is 5.91 Å². The van der Waals surface area contributed by atoms with Crippen molar-refractivity contribution < 1.29 is 13.9 Å². The van der Waals surface area contributed by atoms with Crippen LogP contribution in [-0.4, -0.2) is 61.2 Å². The fraction of sp³-hybridized carbons (Fsp3) is 0.500. The number of hydrogen-bond acceptors (Lipinski definition) is 6. The van der Waals surface area contributed by atoms with Gasteiger partial charge in [-0.3, -0.25) is 9.69 Å². The summed E-state index contributed by atoms with van der Waals surface area (Å²) in [4.78, 5) is 21.1. The molecule has 0 saturated carbocycles. The number of carbonyl (C=O) groups excluding carboxylic acids is 1. The first-order valence-electron chi connectivity index (χ1n) is 9.75. The molecule has 1 amide bonds. The van der Waals surface area contributed by atoms with E-state index in [-0.39, 0.29) is 12.0 Å². The number of piperazine rings is 1. The summed E-state index contributed by atoms with van der Waals surface area (Å²) in [6.07, 6.45) is 3.59. The zero-order valence-corrected chi connectivity index (χ0v) is 16.5. The van der Waals surface area contributed by atoms with Gasteiger partial charge in [0, 0.05) is 39.3 Å². The molecule has 8 heteroatoms. The Morgan fingerprint density at radius 2 is 2.07 bits per heavy atom. The van der Waals surface area contributed by atoms with Gasteiger partial charge in [-0.15, -0.1) is 0 Å². The van der Waals surface area contributed by atoms with Gasteiger partial charge in [0.05, 0.1) is 23.4 Å². The molecule has 1 atom stereocenters. The molecule has 0 radical (unpaired) electrons. The average molecular weight is 405 g/mol. The number of carbonyl (C=O) groups is 1. The number of para-hydroxylation sites is 1. The highest BCUT2D eigenvalue weighted by Crippen LogP contribution is 2.26. The van der Waals surface area contributed by atoms with Crippen LogP contribution in [0.3, 0.4) is 0 Å². The first-order valence-corrected chi connectivity index (χ1v) is 10.1. The van der Waals surface area contributed by atoms with E-state index in [9.17, 15) is 4.79 Å². The van der Waals surface area contributed by atoms with Crippen LogP contribution in [0.4, 0.5) is 5.69 Å². The van der Waals surface area contributed by atoms with Gasteiger partial charge in [0.15, 0.2) is 5.69 Å². The van der Waals surface area contributed by atoms with Gasteiger partial charge >= 0.3 is 0 Å². The van der Waals surface area contributed by atoms with Crippen LogP contribution in [0.25, 0.3) is 0 Å². The standard InChI is InChI=1S/C20H25ClN4O3/c21-16-5-1-2-6-18(16)25-9-7-24(8-10-25)13-19-23-17(14-28-19)20(26)22-12-15-4-3-11-27-15/h1-2,5-6,14-15H,3-4,7-13H2,(H,22,26). The zero-order chi connectivity index (χ0) is 19.3.